The third-order valence-electron chi connectivity index (χ3n) is 3.76. The normalized spacial score (nSPS) is 18.9. The minimum Gasteiger partial charge on any atom is -0.366 e. The summed E-state index contributed by atoms with van der Waals surface area (Å²) in [5, 5.41) is 12.8. The van der Waals surface area contributed by atoms with Crippen molar-refractivity contribution < 1.29 is 0 Å². The largest absolute Gasteiger partial charge is 0.366 e. The molecule has 102 valence electrons. The zero-order valence-corrected chi connectivity index (χ0v) is 11.9. The molecule has 3 nitrogen and oxygen atoms in total. The van der Waals surface area contributed by atoms with Crippen LogP contribution in [0.5, 0.6) is 0 Å². The minimum atomic E-state index is 0.517. The van der Waals surface area contributed by atoms with Gasteiger partial charge in [0.05, 0.1) is 11.3 Å². The van der Waals surface area contributed by atoms with E-state index in [1.165, 1.54) is 12.8 Å². The van der Waals surface area contributed by atoms with Crippen molar-refractivity contribution in [2.45, 2.75) is 39.2 Å². The first-order chi connectivity index (χ1) is 9.26. The average molecular weight is 257 g/mol. The summed E-state index contributed by atoms with van der Waals surface area (Å²) in [5.41, 5.74) is 3.06. The molecule has 1 aromatic carbocycles. The Morgan fingerprint density at radius 3 is 2.95 bits per heavy atom. The lowest BCUT2D eigenvalue weighted by atomic mass is 10.0. The molecule has 1 aromatic rings. The second kappa shape index (κ2) is 6.58. The Kier molecular flexibility index (Phi) is 4.81. The van der Waals surface area contributed by atoms with Gasteiger partial charge >= 0.3 is 0 Å². The number of anilines is 1. The molecule has 1 aliphatic heterocycles. The van der Waals surface area contributed by atoms with Gasteiger partial charge in [-0.2, -0.15) is 5.26 Å². The summed E-state index contributed by atoms with van der Waals surface area (Å²) in [6, 6.07) is 9.08. The van der Waals surface area contributed by atoms with Crippen molar-refractivity contribution in [1.29, 1.82) is 5.26 Å². The Balaban J connectivity index is 2.30. The SMILES string of the molecule is CCCN(c1ccc(C)cc1C#N)C1CCCNC1. The summed E-state index contributed by atoms with van der Waals surface area (Å²) < 4.78 is 0. The van der Waals surface area contributed by atoms with Crippen LogP contribution >= 0.6 is 0 Å². The fraction of sp³-hybridized carbons (Fsp3) is 0.562. The highest BCUT2D eigenvalue weighted by molar-refractivity contribution is 5.61. The lowest BCUT2D eigenvalue weighted by Crippen LogP contribution is -2.46. The van der Waals surface area contributed by atoms with E-state index < -0.39 is 0 Å². The van der Waals surface area contributed by atoms with E-state index >= 15 is 0 Å². The van der Waals surface area contributed by atoms with Gasteiger partial charge in [0.2, 0.25) is 0 Å². The summed E-state index contributed by atoms with van der Waals surface area (Å²) in [7, 11) is 0. The molecule has 1 N–H and O–H groups in total. The number of hydrogen-bond acceptors (Lipinski definition) is 3. The van der Waals surface area contributed by atoms with E-state index in [0.717, 1.165) is 42.9 Å². The molecule has 1 heterocycles. The zero-order valence-electron chi connectivity index (χ0n) is 11.9. The molecule has 0 amide bonds. The number of piperidine rings is 1. The molecule has 1 unspecified atom stereocenters. The Bertz CT molecular complexity index is 456. The van der Waals surface area contributed by atoms with Crippen LogP contribution in [0, 0.1) is 18.3 Å². The fourth-order valence-electron chi connectivity index (χ4n) is 2.83. The quantitative estimate of drug-likeness (QED) is 0.901. The molecule has 3 heteroatoms. The van der Waals surface area contributed by atoms with Crippen LogP contribution in [-0.4, -0.2) is 25.7 Å². The summed E-state index contributed by atoms with van der Waals surface area (Å²) >= 11 is 0. The number of nitrogens with one attached hydrogen (secondary N) is 1. The Labute approximate surface area is 116 Å². The number of hydrogen-bond donors (Lipinski definition) is 1. The zero-order chi connectivity index (χ0) is 13.7. The molecule has 2 rings (SSSR count). The van der Waals surface area contributed by atoms with Gasteiger partial charge < -0.3 is 10.2 Å². The van der Waals surface area contributed by atoms with Crippen molar-refractivity contribution in [2.75, 3.05) is 24.5 Å². The average Bonchev–Trinajstić information content (AvgIpc) is 2.46. The number of benzene rings is 1. The molecule has 0 radical (unpaired) electrons. The lowest BCUT2D eigenvalue weighted by Gasteiger charge is -2.37. The molecule has 19 heavy (non-hydrogen) atoms. The molecular formula is C16H23N3. The van der Waals surface area contributed by atoms with Gasteiger partial charge in [-0.15, -0.1) is 0 Å². The van der Waals surface area contributed by atoms with E-state index in [1.54, 1.807) is 0 Å². The van der Waals surface area contributed by atoms with Crippen molar-refractivity contribution in [3.05, 3.63) is 29.3 Å². The maximum Gasteiger partial charge on any atom is 0.101 e. The van der Waals surface area contributed by atoms with Crippen LogP contribution in [0.15, 0.2) is 18.2 Å². The third-order valence-corrected chi connectivity index (χ3v) is 3.76. The first-order valence-electron chi connectivity index (χ1n) is 7.24. The van der Waals surface area contributed by atoms with Crippen molar-refractivity contribution in [1.82, 2.24) is 5.32 Å². The van der Waals surface area contributed by atoms with E-state index in [-0.39, 0.29) is 0 Å². The van der Waals surface area contributed by atoms with Crippen LogP contribution < -0.4 is 10.2 Å². The Hall–Kier alpha value is -1.53. The van der Waals surface area contributed by atoms with Crippen molar-refractivity contribution in [3.63, 3.8) is 0 Å². The highest BCUT2D eigenvalue weighted by atomic mass is 15.2. The van der Waals surface area contributed by atoms with E-state index in [0.29, 0.717) is 6.04 Å². The molecule has 1 aliphatic rings. The summed E-state index contributed by atoms with van der Waals surface area (Å²) in [6.07, 6.45) is 3.54. The first-order valence-corrected chi connectivity index (χ1v) is 7.24. The predicted molar refractivity (Wildman–Crippen MR) is 79.4 cm³/mol. The van der Waals surface area contributed by atoms with Gasteiger partial charge in [0.25, 0.3) is 0 Å². The summed E-state index contributed by atoms with van der Waals surface area (Å²) in [5.74, 6) is 0. The monoisotopic (exact) mass is 257 g/mol. The summed E-state index contributed by atoms with van der Waals surface area (Å²) in [4.78, 5) is 2.42. The van der Waals surface area contributed by atoms with Crippen LogP contribution in [0.3, 0.4) is 0 Å². The van der Waals surface area contributed by atoms with E-state index in [4.69, 9.17) is 0 Å². The van der Waals surface area contributed by atoms with E-state index in [1.807, 2.05) is 13.0 Å². The molecule has 0 spiro atoms. The molecule has 1 atom stereocenters. The molecule has 0 saturated carbocycles. The summed E-state index contributed by atoms with van der Waals surface area (Å²) in [6.45, 7) is 7.40. The van der Waals surface area contributed by atoms with Gasteiger partial charge in [-0.1, -0.05) is 13.0 Å². The highest BCUT2D eigenvalue weighted by Crippen LogP contribution is 2.25. The van der Waals surface area contributed by atoms with Crippen molar-refractivity contribution in [2.24, 2.45) is 0 Å². The van der Waals surface area contributed by atoms with Crippen LogP contribution in [0.25, 0.3) is 0 Å². The smallest absolute Gasteiger partial charge is 0.101 e. The number of aryl methyl sites for hydroxylation is 1. The van der Waals surface area contributed by atoms with Crippen LogP contribution in [0.1, 0.15) is 37.3 Å². The van der Waals surface area contributed by atoms with Crippen LogP contribution in [-0.2, 0) is 0 Å². The van der Waals surface area contributed by atoms with Gasteiger partial charge in [-0.25, -0.2) is 0 Å². The molecule has 1 saturated heterocycles. The maximum atomic E-state index is 9.37. The number of nitriles is 1. The van der Waals surface area contributed by atoms with Gasteiger partial charge in [0, 0.05) is 19.1 Å². The van der Waals surface area contributed by atoms with E-state index in [2.05, 4.69) is 35.3 Å². The molecule has 0 bridgehead atoms. The van der Waals surface area contributed by atoms with Crippen molar-refractivity contribution in [3.8, 4) is 6.07 Å². The number of nitrogens with zero attached hydrogens (tertiary/aromatic N) is 2. The van der Waals surface area contributed by atoms with Crippen LogP contribution in [0.2, 0.25) is 0 Å². The molecule has 0 aromatic heterocycles. The van der Waals surface area contributed by atoms with E-state index in [9.17, 15) is 5.26 Å². The topological polar surface area (TPSA) is 39.1 Å². The van der Waals surface area contributed by atoms with Gasteiger partial charge in [-0.3, -0.25) is 0 Å². The molecular weight excluding hydrogens is 234 g/mol. The van der Waals surface area contributed by atoms with Gasteiger partial charge in [-0.05, 0) is 50.4 Å². The predicted octanol–water partition coefficient (Wildman–Crippen LogP) is 2.84. The standard InChI is InChI=1S/C16H23N3/c1-3-9-19(15-5-4-8-18-12-15)16-7-6-13(2)10-14(16)11-17/h6-7,10,15,18H,3-5,8-9,12H2,1-2H3. The maximum absolute atomic E-state index is 9.37. The number of rotatable bonds is 4. The highest BCUT2D eigenvalue weighted by Gasteiger charge is 2.22. The minimum absolute atomic E-state index is 0.517. The Morgan fingerprint density at radius 1 is 1.47 bits per heavy atom. The molecule has 1 fully saturated rings. The second-order valence-electron chi connectivity index (χ2n) is 5.33. The van der Waals surface area contributed by atoms with Crippen molar-refractivity contribution >= 4 is 5.69 Å². The molecule has 0 aliphatic carbocycles. The third kappa shape index (κ3) is 3.27. The van der Waals surface area contributed by atoms with Gasteiger partial charge in [0.1, 0.15) is 6.07 Å². The second-order valence-corrected chi connectivity index (χ2v) is 5.33. The van der Waals surface area contributed by atoms with Crippen LogP contribution in [0.4, 0.5) is 5.69 Å². The Morgan fingerprint density at radius 2 is 2.32 bits per heavy atom. The lowest BCUT2D eigenvalue weighted by molar-refractivity contribution is 0.430. The fourth-order valence-corrected chi connectivity index (χ4v) is 2.83. The first kappa shape index (κ1) is 13.9. The van der Waals surface area contributed by atoms with Gasteiger partial charge in [0.15, 0.2) is 0 Å².